The number of benzene rings is 2. The van der Waals surface area contributed by atoms with Gasteiger partial charge in [-0.1, -0.05) is 29.4 Å². The first-order valence-corrected chi connectivity index (χ1v) is 10.1. The number of para-hydroxylation sites is 1. The van der Waals surface area contributed by atoms with E-state index in [0.717, 1.165) is 17.7 Å². The third-order valence-corrected chi connectivity index (χ3v) is 4.79. The van der Waals surface area contributed by atoms with Gasteiger partial charge in [-0.2, -0.15) is 18.2 Å². The molecule has 160 valence electrons. The van der Waals surface area contributed by atoms with Crippen LogP contribution in [0.3, 0.4) is 0 Å². The minimum atomic E-state index is -4.38. The van der Waals surface area contributed by atoms with Gasteiger partial charge in [0.1, 0.15) is 17.3 Å². The smallest absolute Gasteiger partial charge is 0.416 e. The van der Waals surface area contributed by atoms with Crippen LogP contribution in [0.2, 0.25) is 0 Å². The second-order valence-corrected chi connectivity index (χ2v) is 7.08. The second-order valence-electron chi connectivity index (χ2n) is 6.26. The van der Waals surface area contributed by atoms with Crippen LogP contribution in [0, 0.1) is 11.8 Å². The van der Waals surface area contributed by atoms with Gasteiger partial charge in [-0.15, -0.1) is 0 Å². The Morgan fingerprint density at radius 1 is 1.19 bits per heavy atom. The molecule has 0 aliphatic heterocycles. The zero-order valence-corrected chi connectivity index (χ0v) is 17.3. The van der Waals surface area contributed by atoms with Gasteiger partial charge >= 0.3 is 6.18 Å². The first kappa shape index (κ1) is 22.2. The van der Waals surface area contributed by atoms with E-state index >= 15 is 0 Å². The Kier molecular flexibility index (Phi) is 7.15. The summed E-state index contributed by atoms with van der Waals surface area (Å²) in [4.78, 5) is 8.45. The Labute approximate surface area is 181 Å². The lowest BCUT2D eigenvalue weighted by Crippen LogP contribution is -2.26. The Hall–Kier alpha value is -3.51. The topological polar surface area (TPSA) is 72.5 Å². The van der Waals surface area contributed by atoms with Crippen molar-refractivity contribution in [3.8, 4) is 22.8 Å². The number of hydrogen-bond acceptors (Lipinski definition) is 5. The van der Waals surface area contributed by atoms with Crippen LogP contribution in [0.4, 0.5) is 18.9 Å². The van der Waals surface area contributed by atoms with Gasteiger partial charge in [0.15, 0.2) is 0 Å². The van der Waals surface area contributed by atoms with Crippen LogP contribution in [0.25, 0.3) is 0 Å². The largest absolute Gasteiger partial charge is 0.431 e. The van der Waals surface area contributed by atoms with Crippen molar-refractivity contribution < 1.29 is 17.9 Å². The lowest BCUT2D eigenvalue weighted by atomic mass is 10.1. The molecule has 0 amide bonds. The third kappa shape index (κ3) is 6.23. The van der Waals surface area contributed by atoms with Gasteiger partial charge in [0.2, 0.25) is 0 Å². The highest BCUT2D eigenvalue weighted by molar-refractivity contribution is 7.11. The maximum absolute atomic E-state index is 12.6. The fourth-order valence-corrected chi connectivity index (χ4v) is 3.20. The number of aliphatic imine (C=N–C) groups is 1. The molecule has 0 atom stereocenters. The van der Waals surface area contributed by atoms with Crippen molar-refractivity contribution in [2.45, 2.75) is 12.6 Å². The SMILES string of the molecule is CN=C(NCCC#Cc1csc(Oc2ccc(C(F)(F)F)cc2)n1)c1ccccc1N. The van der Waals surface area contributed by atoms with Gasteiger partial charge < -0.3 is 15.8 Å². The highest BCUT2D eigenvalue weighted by Crippen LogP contribution is 2.32. The van der Waals surface area contributed by atoms with Gasteiger partial charge in [-0.3, -0.25) is 4.99 Å². The predicted molar refractivity (Wildman–Crippen MR) is 116 cm³/mol. The monoisotopic (exact) mass is 444 g/mol. The van der Waals surface area contributed by atoms with Crippen molar-refractivity contribution >= 4 is 22.9 Å². The van der Waals surface area contributed by atoms with E-state index in [-0.39, 0.29) is 5.75 Å². The molecule has 3 aromatic rings. The number of ether oxygens (including phenoxy) is 1. The number of amidine groups is 1. The number of anilines is 1. The first-order valence-electron chi connectivity index (χ1n) is 9.22. The Bertz CT molecular complexity index is 1110. The summed E-state index contributed by atoms with van der Waals surface area (Å²) < 4.78 is 43.3. The second kappa shape index (κ2) is 10.00. The quantitative estimate of drug-likeness (QED) is 0.192. The van der Waals surface area contributed by atoms with Crippen molar-refractivity contribution in [2.75, 3.05) is 19.3 Å². The molecule has 0 aliphatic rings. The molecular weight excluding hydrogens is 425 g/mol. The van der Waals surface area contributed by atoms with Gasteiger partial charge in [-0.25, -0.2) is 0 Å². The number of nitrogens with zero attached hydrogens (tertiary/aromatic N) is 2. The molecule has 0 saturated carbocycles. The summed E-state index contributed by atoms with van der Waals surface area (Å²) in [5.74, 6) is 6.92. The Morgan fingerprint density at radius 3 is 2.61 bits per heavy atom. The average Bonchev–Trinajstić information content (AvgIpc) is 3.18. The first-order chi connectivity index (χ1) is 14.9. The molecule has 31 heavy (non-hydrogen) atoms. The van der Waals surface area contributed by atoms with E-state index in [0.29, 0.717) is 35.4 Å². The summed E-state index contributed by atoms with van der Waals surface area (Å²) >= 11 is 1.22. The average molecular weight is 444 g/mol. The van der Waals surface area contributed by atoms with Crippen molar-refractivity contribution in [1.82, 2.24) is 10.3 Å². The van der Waals surface area contributed by atoms with E-state index in [1.165, 1.54) is 23.5 Å². The number of rotatable bonds is 5. The molecule has 1 aromatic heterocycles. The van der Waals surface area contributed by atoms with Crippen LogP contribution in [-0.2, 0) is 6.18 Å². The molecule has 0 radical (unpaired) electrons. The molecule has 0 unspecified atom stereocenters. The summed E-state index contributed by atoms with van der Waals surface area (Å²) in [5, 5.41) is 5.24. The van der Waals surface area contributed by atoms with E-state index < -0.39 is 11.7 Å². The molecular formula is C22H19F3N4OS. The fraction of sp³-hybridized carbons (Fsp3) is 0.182. The third-order valence-electron chi connectivity index (χ3n) is 4.07. The number of halogens is 3. The number of nitrogen functional groups attached to an aromatic ring is 1. The highest BCUT2D eigenvalue weighted by Gasteiger charge is 2.30. The van der Waals surface area contributed by atoms with Gasteiger partial charge in [0.25, 0.3) is 5.19 Å². The molecule has 0 spiro atoms. The molecule has 3 N–H and O–H groups in total. The summed E-state index contributed by atoms with van der Waals surface area (Å²) in [6, 6.07) is 11.9. The van der Waals surface area contributed by atoms with E-state index in [4.69, 9.17) is 10.5 Å². The van der Waals surface area contributed by atoms with E-state index in [1.54, 1.807) is 12.4 Å². The van der Waals surface area contributed by atoms with Crippen LogP contribution in [-0.4, -0.2) is 24.4 Å². The minimum Gasteiger partial charge on any atom is -0.431 e. The van der Waals surface area contributed by atoms with E-state index in [2.05, 4.69) is 27.1 Å². The van der Waals surface area contributed by atoms with Crippen LogP contribution in [0.5, 0.6) is 10.9 Å². The molecule has 1 heterocycles. The minimum absolute atomic E-state index is 0.276. The van der Waals surface area contributed by atoms with Crippen molar-refractivity contribution in [1.29, 1.82) is 0 Å². The molecule has 0 bridgehead atoms. The zero-order chi connectivity index (χ0) is 22.3. The summed E-state index contributed by atoms with van der Waals surface area (Å²) in [6.07, 6.45) is -3.83. The number of thiazole rings is 1. The molecule has 0 saturated heterocycles. The van der Waals surface area contributed by atoms with Crippen molar-refractivity contribution in [2.24, 2.45) is 4.99 Å². The number of alkyl halides is 3. The normalized spacial score (nSPS) is 11.5. The van der Waals surface area contributed by atoms with Gasteiger partial charge in [-0.05, 0) is 42.3 Å². The van der Waals surface area contributed by atoms with E-state index in [9.17, 15) is 13.2 Å². The number of hydrogen-bond donors (Lipinski definition) is 2. The number of nitrogens with two attached hydrogens (primary N) is 1. The number of aromatic nitrogens is 1. The molecule has 2 aromatic carbocycles. The summed E-state index contributed by atoms with van der Waals surface area (Å²) in [6.45, 7) is 0.576. The molecule has 0 fully saturated rings. The van der Waals surface area contributed by atoms with Crippen molar-refractivity contribution in [3.63, 3.8) is 0 Å². The maximum atomic E-state index is 12.6. The zero-order valence-electron chi connectivity index (χ0n) is 16.5. The lowest BCUT2D eigenvalue weighted by Gasteiger charge is -2.10. The molecule has 0 aliphatic carbocycles. The predicted octanol–water partition coefficient (Wildman–Crippen LogP) is 4.94. The van der Waals surface area contributed by atoms with Crippen molar-refractivity contribution in [3.05, 3.63) is 70.7 Å². The van der Waals surface area contributed by atoms with Crippen LogP contribution in [0.1, 0.15) is 23.2 Å². The fourth-order valence-electron chi connectivity index (χ4n) is 2.58. The van der Waals surface area contributed by atoms with Crippen LogP contribution in [0.15, 0.2) is 58.9 Å². The van der Waals surface area contributed by atoms with Gasteiger partial charge in [0.05, 0.1) is 5.56 Å². The van der Waals surface area contributed by atoms with E-state index in [1.807, 2.05) is 24.3 Å². The van der Waals surface area contributed by atoms with Crippen LogP contribution < -0.4 is 15.8 Å². The summed E-state index contributed by atoms with van der Waals surface area (Å²) in [7, 11) is 1.69. The maximum Gasteiger partial charge on any atom is 0.416 e. The molecule has 9 heteroatoms. The standard InChI is InChI=1S/C22H19F3N4OS/c1-27-20(18-7-2-3-8-19(18)26)28-13-5-4-6-16-14-31-21(29-16)30-17-11-9-15(10-12-17)22(23,24)25/h2-3,7-12,14H,5,13,26H2,1H3,(H,27,28). The summed E-state index contributed by atoms with van der Waals surface area (Å²) in [5.41, 5.74) is 7.25. The lowest BCUT2D eigenvalue weighted by molar-refractivity contribution is -0.137. The Balaban J connectivity index is 1.51. The highest BCUT2D eigenvalue weighted by atomic mass is 32.1. The molecule has 5 nitrogen and oxygen atoms in total. The Morgan fingerprint density at radius 2 is 1.94 bits per heavy atom. The van der Waals surface area contributed by atoms with Gasteiger partial charge in [0, 0.05) is 36.6 Å². The molecule has 3 rings (SSSR count). The number of nitrogens with one attached hydrogen (secondary N) is 1. The van der Waals surface area contributed by atoms with Crippen LogP contribution >= 0.6 is 11.3 Å².